The normalized spacial score (nSPS) is 13.4. The molecule has 1 heterocycles. The van der Waals surface area contributed by atoms with Crippen molar-refractivity contribution in [2.45, 2.75) is 111 Å². The molecule has 1 aliphatic heterocycles. The van der Waals surface area contributed by atoms with Crippen molar-refractivity contribution in [3.63, 3.8) is 0 Å². The van der Waals surface area contributed by atoms with Crippen molar-refractivity contribution in [2.24, 2.45) is 17.4 Å². The van der Waals surface area contributed by atoms with E-state index in [1.54, 1.807) is 0 Å². The third kappa shape index (κ3) is 21.2. The Labute approximate surface area is 245 Å². The molecule has 12 heteroatoms. The van der Waals surface area contributed by atoms with Crippen LogP contribution < -0.4 is 27.4 Å². The number of hydrogen-bond donors (Lipinski definition) is 5. The van der Waals surface area contributed by atoms with Crippen LogP contribution in [0.2, 0.25) is 0 Å². The second kappa shape index (κ2) is 24.5. The third-order valence-electron chi connectivity index (χ3n) is 5.56. The maximum Gasteiger partial charge on any atom is 0.312 e. The summed E-state index contributed by atoms with van der Waals surface area (Å²) in [7, 11) is 0. The first kappa shape index (κ1) is 39.9. The van der Waals surface area contributed by atoms with Crippen LogP contribution in [0.5, 0.6) is 0 Å². The zero-order valence-corrected chi connectivity index (χ0v) is 25.9. The summed E-state index contributed by atoms with van der Waals surface area (Å²) in [6.07, 6.45) is 6.90. The van der Waals surface area contributed by atoms with Gasteiger partial charge in [0.15, 0.2) is 5.78 Å². The first-order valence-corrected chi connectivity index (χ1v) is 14.8. The van der Waals surface area contributed by atoms with Gasteiger partial charge in [-0.3, -0.25) is 28.9 Å². The Morgan fingerprint density at radius 3 is 1.90 bits per heavy atom. The van der Waals surface area contributed by atoms with Crippen LogP contribution in [0.3, 0.4) is 0 Å². The van der Waals surface area contributed by atoms with E-state index < -0.39 is 24.0 Å². The molecule has 0 fully saturated rings. The van der Waals surface area contributed by atoms with Crippen LogP contribution in [0.25, 0.3) is 0 Å². The van der Waals surface area contributed by atoms with E-state index >= 15 is 0 Å². The molecule has 2 atom stereocenters. The molecule has 0 aromatic carbocycles. The average molecular weight is 583 g/mol. The maximum absolute atomic E-state index is 12.8. The summed E-state index contributed by atoms with van der Waals surface area (Å²) in [6.45, 7) is 12.9. The van der Waals surface area contributed by atoms with Crippen molar-refractivity contribution in [3.05, 3.63) is 12.2 Å². The maximum atomic E-state index is 12.8. The number of urea groups is 1. The van der Waals surface area contributed by atoms with Gasteiger partial charge in [0, 0.05) is 31.7 Å². The molecule has 0 spiro atoms. The van der Waals surface area contributed by atoms with E-state index in [9.17, 15) is 28.8 Å². The Balaban J connectivity index is 0. The van der Waals surface area contributed by atoms with Crippen molar-refractivity contribution in [3.8, 4) is 0 Å². The molecule has 1 unspecified atom stereocenters. The fourth-order valence-electron chi connectivity index (χ4n) is 3.58. The minimum Gasteiger partial charge on any atom is -0.352 e. The minimum atomic E-state index is -0.800. The Morgan fingerprint density at radius 2 is 1.39 bits per heavy atom. The molecule has 6 amide bonds. The average Bonchev–Trinajstić information content (AvgIpc) is 3.22. The van der Waals surface area contributed by atoms with E-state index in [0.29, 0.717) is 64.5 Å². The van der Waals surface area contributed by atoms with Gasteiger partial charge in [0.05, 0.1) is 6.04 Å². The molecule has 1 rings (SSSR count). The van der Waals surface area contributed by atoms with E-state index in [-0.39, 0.29) is 36.5 Å². The van der Waals surface area contributed by atoms with E-state index in [4.69, 9.17) is 11.5 Å². The molecule has 0 aromatic rings. The summed E-state index contributed by atoms with van der Waals surface area (Å²) >= 11 is 0. The number of nitrogens with one attached hydrogen (secondary N) is 3. The molecular formula is C29H54N6O6. The molecule has 236 valence electrons. The second-order valence-corrected chi connectivity index (χ2v) is 10.2. The Kier molecular flexibility index (Phi) is 23.8. The smallest absolute Gasteiger partial charge is 0.312 e. The number of carbonyl (C=O) groups excluding carboxylic acids is 6. The Bertz CT molecular complexity index is 825. The topological polar surface area (TPSA) is 194 Å². The predicted octanol–water partition coefficient (Wildman–Crippen LogP) is 2.30. The second-order valence-electron chi connectivity index (χ2n) is 10.2. The number of nitrogens with two attached hydrogens (primary N) is 2. The fraction of sp³-hybridized carbons (Fsp3) is 0.724. The highest BCUT2D eigenvalue weighted by Gasteiger charge is 2.25. The lowest BCUT2D eigenvalue weighted by Crippen LogP contribution is -2.51. The molecule has 0 bridgehead atoms. The SMILES string of the molecule is CC.CC(=O)[C@H](CCCNC(N)=O)NC(=O)C(CCCCN)NC(=O)CCCCCN1C(=O)C=CC1=O.CC(C)C. The van der Waals surface area contributed by atoms with Crippen molar-refractivity contribution >= 4 is 35.4 Å². The van der Waals surface area contributed by atoms with Crippen LogP contribution in [0, 0.1) is 5.92 Å². The lowest BCUT2D eigenvalue weighted by atomic mass is 10.0. The standard InChI is InChI=1S/C23H38N6O6.C4H10.C2H6/c1-16(30)17(9-7-14-26-23(25)35)28-22(34)18(8-4-5-13-24)27-19(31)10-3-2-6-15-29-20(32)11-12-21(29)33;1-4(2)3;1-2/h11-12,17-18H,2-10,13-15,24H2,1H3,(H,27,31)(H,28,34)(H3,25,26,35);4H,1-3H3;1-2H3/t17-,18?;;/m0../s1. The van der Waals surface area contributed by atoms with Crippen LogP contribution in [0.4, 0.5) is 4.79 Å². The van der Waals surface area contributed by atoms with Crippen LogP contribution in [-0.2, 0) is 24.0 Å². The summed E-state index contributed by atoms with van der Waals surface area (Å²) in [5.41, 5.74) is 10.6. The molecule has 0 radical (unpaired) electrons. The van der Waals surface area contributed by atoms with Crippen molar-refractivity contribution in [1.29, 1.82) is 0 Å². The number of ketones is 1. The van der Waals surface area contributed by atoms with E-state index in [2.05, 4.69) is 36.7 Å². The van der Waals surface area contributed by atoms with Gasteiger partial charge in [-0.15, -0.1) is 0 Å². The first-order valence-electron chi connectivity index (χ1n) is 14.8. The van der Waals surface area contributed by atoms with Gasteiger partial charge in [0.1, 0.15) is 6.04 Å². The van der Waals surface area contributed by atoms with Gasteiger partial charge in [0.25, 0.3) is 11.8 Å². The van der Waals surface area contributed by atoms with Gasteiger partial charge in [-0.25, -0.2) is 4.79 Å². The first-order chi connectivity index (χ1) is 19.4. The van der Waals surface area contributed by atoms with E-state index in [1.165, 1.54) is 19.1 Å². The van der Waals surface area contributed by atoms with Crippen molar-refractivity contribution < 1.29 is 28.8 Å². The number of carbonyl (C=O) groups is 6. The van der Waals surface area contributed by atoms with Gasteiger partial charge in [-0.05, 0) is 64.3 Å². The van der Waals surface area contributed by atoms with Crippen LogP contribution in [0.15, 0.2) is 12.2 Å². The monoisotopic (exact) mass is 582 g/mol. The van der Waals surface area contributed by atoms with Gasteiger partial charge >= 0.3 is 6.03 Å². The molecule has 0 saturated heterocycles. The fourth-order valence-corrected chi connectivity index (χ4v) is 3.58. The third-order valence-corrected chi connectivity index (χ3v) is 5.56. The van der Waals surface area contributed by atoms with Crippen molar-refractivity contribution in [1.82, 2.24) is 20.9 Å². The molecule has 0 aliphatic carbocycles. The summed E-state index contributed by atoms with van der Waals surface area (Å²) in [5, 5.41) is 7.87. The summed E-state index contributed by atoms with van der Waals surface area (Å²) < 4.78 is 0. The zero-order chi connectivity index (χ0) is 31.8. The molecular weight excluding hydrogens is 528 g/mol. The number of hydrogen-bond acceptors (Lipinski definition) is 7. The van der Waals surface area contributed by atoms with Crippen LogP contribution in [0.1, 0.15) is 99.3 Å². The van der Waals surface area contributed by atoms with Gasteiger partial charge in [-0.2, -0.15) is 0 Å². The van der Waals surface area contributed by atoms with Gasteiger partial charge < -0.3 is 27.4 Å². The highest BCUT2D eigenvalue weighted by atomic mass is 16.2. The lowest BCUT2D eigenvalue weighted by Gasteiger charge is -2.22. The Morgan fingerprint density at radius 1 is 0.829 bits per heavy atom. The minimum absolute atomic E-state index is 0.190. The highest BCUT2D eigenvalue weighted by Crippen LogP contribution is 2.09. The molecule has 1 aliphatic rings. The number of Topliss-reactive ketones (excluding diaryl/α,β-unsaturated/α-hetero) is 1. The number of unbranched alkanes of at least 4 members (excludes halogenated alkanes) is 3. The Hall–Kier alpha value is -3.28. The summed E-state index contributed by atoms with van der Waals surface area (Å²) in [6, 6.07) is -2.20. The number of nitrogens with zero attached hydrogens (tertiary/aromatic N) is 1. The molecule has 0 saturated carbocycles. The van der Waals surface area contributed by atoms with Crippen LogP contribution in [-0.4, -0.2) is 72.1 Å². The molecule has 7 N–H and O–H groups in total. The van der Waals surface area contributed by atoms with Gasteiger partial charge in [-0.1, -0.05) is 41.0 Å². The quantitative estimate of drug-likeness (QED) is 0.121. The molecule has 12 nitrogen and oxygen atoms in total. The van der Waals surface area contributed by atoms with E-state index in [1.807, 2.05) is 13.8 Å². The summed E-state index contributed by atoms with van der Waals surface area (Å²) in [4.78, 5) is 72.2. The van der Waals surface area contributed by atoms with Crippen LogP contribution >= 0.6 is 0 Å². The number of imide groups is 1. The predicted molar refractivity (Wildman–Crippen MR) is 160 cm³/mol. The number of rotatable bonds is 18. The van der Waals surface area contributed by atoms with E-state index in [0.717, 1.165) is 10.8 Å². The molecule has 41 heavy (non-hydrogen) atoms. The van der Waals surface area contributed by atoms with Crippen molar-refractivity contribution in [2.75, 3.05) is 19.6 Å². The number of amides is 6. The number of primary amides is 1. The highest BCUT2D eigenvalue weighted by molar-refractivity contribution is 6.12. The lowest BCUT2D eigenvalue weighted by molar-refractivity contribution is -0.137. The summed E-state index contributed by atoms with van der Waals surface area (Å²) in [5.74, 6) is -0.788. The largest absolute Gasteiger partial charge is 0.352 e. The molecule has 0 aromatic heterocycles. The zero-order valence-electron chi connectivity index (χ0n) is 25.9. The van der Waals surface area contributed by atoms with Gasteiger partial charge in [0.2, 0.25) is 11.8 Å².